The van der Waals surface area contributed by atoms with Crippen LogP contribution in [0.5, 0.6) is 0 Å². The van der Waals surface area contributed by atoms with Crippen molar-refractivity contribution in [2.24, 2.45) is 10.7 Å². The first kappa shape index (κ1) is 17.5. The molecule has 3 rings (SSSR count). The van der Waals surface area contributed by atoms with Crippen molar-refractivity contribution < 1.29 is 4.39 Å². The molecule has 2 aliphatic rings. The fourth-order valence-corrected chi connectivity index (χ4v) is 3.14. The van der Waals surface area contributed by atoms with E-state index < -0.39 is 0 Å². The molecule has 1 aliphatic heterocycles. The average Bonchev–Trinajstić information content (AvgIpc) is 3.30. The van der Waals surface area contributed by atoms with Crippen molar-refractivity contribution in [1.29, 1.82) is 0 Å². The summed E-state index contributed by atoms with van der Waals surface area (Å²) >= 11 is 0. The number of rotatable bonds is 3. The Labute approximate surface area is 149 Å². The van der Waals surface area contributed by atoms with Gasteiger partial charge in [0, 0.05) is 18.5 Å². The molecule has 0 spiro atoms. The first-order valence-electron chi connectivity index (χ1n) is 8.01. The summed E-state index contributed by atoms with van der Waals surface area (Å²) in [6.45, 7) is 2.71. The van der Waals surface area contributed by atoms with E-state index in [9.17, 15) is 4.39 Å². The Hall–Kier alpha value is -0.850. The summed E-state index contributed by atoms with van der Waals surface area (Å²) in [5.74, 6) is 0.503. The predicted molar refractivity (Wildman–Crippen MR) is 99.3 cm³/mol. The van der Waals surface area contributed by atoms with E-state index in [0.717, 1.165) is 31.5 Å². The molecule has 0 unspecified atom stereocenters. The zero-order chi connectivity index (χ0) is 14.7. The lowest BCUT2D eigenvalue weighted by molar-refractivity contribution is 0.427. The fraction of sp³-hybridized carbons (Fsp3) is 0.588. The van der Waals surface area contributed by atoms with E-state index >= 15 is 0 Å². The van der Waals surface area contributed by atoms with E-state index in [2.05, 4.69) is 9.89 Å². The SMILES string of the molecule is I.NC(=NCC1(c2cccc(F)c2)CC1)N1CCCCCC1. The lowest BCUT2D eigenvalue weighted by Crippen LogP contribution is -2.38. The molecule has 1 aliphatic carbocycles. The van der Waals surface area contributed by atoms with Gasteiger partial charge in [0.2, 0.25) is 0 Å². The molecule has 0 bridgehead atoms. The lowest BCUT2D eigenvalue weighted by atomic mass is 9.96. The van der Waals surface area contributed by atoms with E-state index in [1.807, 2.05) is 6.07 Å². The normalized spacial score (nSPS) is 21.0. The molecule has 5 heteroatoms. The maximum absolute atomic E-state index is 13.4. The third kappa shape index (κ3) is 4.12. The van der Waals surface area contributed by atoms with Crippen LogP contribution in [-0.4, -0.2) is 30.5 Å². The molecule has 1 aromatic rings. The van der Waals surface area contributed by atoms with Gasteiger partial charge in [-0.3, -0.25) is 4.99 Å². The van der Waals surface area contributed by atoms with Crippen molar-refractivity contribution >= 4 is 29.9 Å². The third-order valence-corrected chi connectivity index (χ3v) is 4.76. The Morgan fingerprint density at radius 2 is 1.86 bits per heavy atom. The van der Waals surface area contributed by atoms with Gasteiger partial charge in [0.25, 0.3) is 0 Å². The molecule has 22 heavy (non-hydrogen) atoms. The second-order valence-corrected chi connectivity index (χ2v) is 6.37. The molecule has 0 radical (unpaired) electrons. The number of benzene rings is 1. The number of aliphatic imine (C=N–C) groups is 1. The third-order valence-electron chi connectivity index (χ3n) is 4.76. The molecule has 1 saturated heterocycles. The van der Waals surface area contributed by atoms with Gasteiger partial charge in [0.15, 0.2) is 5.96 Å². The molecule has 2 N–H and O–H groups in total. The molecule has 3 nitrogen and oxygen atoms in total. The molecule has 0 atom stereocenters. The molecule has 1 saturated carbocycles. The second-order valence-electron chi connectivity index (χ2n) is 6.37. The summed E-state index contributed by atoms with van der Waals surface area (Å²) in [4.78, 5) is 6.83. The van der Waals surface area contributed by atoms with Gasteiger partial charge >= 0.3 is 0 Å². The molecule has 2 fully saturated rings. The highest BCUT2D eigenvalue weighted by atomic mass is 127. The fourth-order valence-electron chi connectivity index (χ4n) is 3.14. The molecule has 0 aromatic heterocycles. The van der Waals surface area contributed by atoms with Gasteiger partial charge in [-0.2, -0.15) is 0 Å². The summed E-state index contributed by atoms with van der Waals surface area (Å²) in [5.41, 5.74) is 7.25. The minimum Gasteiger partial charge on any atom is -0.370 e. The molecule has 1 heterocycles. The van der Waals surface area contributed by atoms with Crippen LogP contribution >= 0.6 is 24.0 Å². The van der Waals surface area contributed by atoms with Crippen LogP contribution in [0.4, 0.5) is 4.39 Å². The lowest BCUT2D eigenvalue weighted by Gasteiger charge is -2.22. The summed E-state index contributed by atoms with van der Waals surface area (Å²) in [6, 6.07) is 6.93. The number of hydrogen-bond donors (Lipinski definition) is 1. The number of nitrogens with zero attached hydrogens (tertiary/aromatic N) is 2. The van der Waals surface area contributed by atoms with Crippen LogP contribution in [0.2, 0.25) is 0 Å². The molecule has 0 amide bonds. The maximum Gasteiger partial charge on any atom is 0.191 e. The second kappa shape index (κ2) is 7.62. The number of hydrogen-bond acceptors (Lipinski definition) is 1. The predicted octanol–water partition coefficient (Wildman–Crippen LogP) is 3.67. The Morgan fingerprint density at radius 3 is 2.45 bits per heavy atom. The van der Waals surface area contributed by atoms with Gasteiger partial charge in [-0.15, -0.1) is 24.0 Å². The quantitative estimate of drug-likeness (QED) is 0.463. The van der Waals surface area contributed by atoms with E-state index in [1.165, 1.54) is 31.7 Å². The van der Waals surface area contributed by atoms with Gasteiger partial charge in [-0.25, -0.2) is 4.39 Å². The summed E-state index contributed by atoms with van der Waals surface area (Å²) in [5, 5.41) is 0. The van der Waals surface area contributed by atoms with Crippen LogP contribution in [0, 0.1) is 5.82 Å². The van der Waals surface area contributed by atoms with Gasteiger partial charge in [-0.05, 0) is 43.4 Å². The number of halogens is 2. The first-order chi connectivity index (χ1) is 10.2. The Bertz CT molecular complexity index is 520. The largest absolute Gasteiger partial charge is 0.370 e. The van der Waals surface area contributed by atoms with E-state index in [0.29, 0.717) is 12.5 Å². The van der Waals surface area contributed by atoms with Crippen molar-refractivity contribution in [3.63, 3.8) is 0 Å². The molecular weight excluding hydrogens is 392 g/mol. The zero-order valence-corrected chi connectivity index (χ0v) is 15.3. The zero-order valence-electron chi connectivity index (χ0n) is 12.9. The molecular formula is C17H25FIN3. The van der Waals surface area contributed by atoms with Crippen LogP contribution in [0.25, 0.3) is 0 Å². The average molecular weight is 417 g/mol. The highest BCUT2D eigenvalue weighted by Crippen LogP contribution is 2.48. The number of nitrogens with two attached hydrogens (primary N) is 1. The Balaban J connectivity index is 0.00000176. The molecule has 1 aromatic carbocycles. The summed E-state index contributed by atoms with van der Waals surface area (Å²) in [7, 11) is 0. The first-order valence-corrected chi connectivity index (χ1v) is 8.01. The standard InChI is InChI=1S/C17H24FN3.HI/c18-15-7-5-6-14(12-15)17(8-9-17)13-20-16(19)21-10-3-1-2-4-11-21;/h5-7,12H,1-4,8-11,13H2,(H2,19,20);1H. The maximum atomic E-state index is 13.4. The Kier molecular flexibility index (Phi) is 6.06. The van der Waals surface area contributed by atoms with E-state index in [-0.39, 0.29) is 35.2 Å². The van der Waals surface area contributed by atoms with Crippen LogP contribution in [0.3, 0.4) is 0 Å². The smallest absolute Gasteiger partial charge is 0.191 e. The summed E-state index contributed by atoms with van der Waals surface area (Å²) in [6.07, 6.45) is 7.13. The van der Waals surface area contributed by atoms with Crippen LogP contribution < -0.4 is 5.73 Å². The Morgan fingerprint density at radius 1 is 1.18 bits per heavy atom. The number of likely N-dealkylation sites (tertiary alicyclic amines) is 1. The minimum atomic E-state index is -0.164. The van der Waals surface area contributed by atoms with Crippen molar-refractivity contribution in [3.05, 3.63) is 35.6 Å². The van der Waals surface area contributed by atoms with Crippen molar-refractivity contribution in [3.8, 4) is 0 Å². The highest BCUT2D eigenvalue weighted by molar-refractivity contribution is 14.0. The monoisotopic (exact) mass is 417 g/mol. The van der Waals surface area contributed by atoms with Crippen molar-refractivity contribution in [2.45, 2.75) is 43.9 Å². The highest BCUT2D eigenvalue weighted by Gasteiger charge is 2.44. The van der Waals surface area contributed by atoms with Gasteiger partial charge in [0.05, 0.1) is 6.54 Å². The van der Waals surface area contributed by atoms with E-state index in [4.69, 9.17) is 5.73 Å². The van der Waals surface area contributed by atoms with E-state index in [1.54, 1.807) is 12.1 Å². The number of guanidine groups is 1. The van der Waals surface area contributed by atoms with Crippen LogP contribution in [0.15, 0.2) is 29.3 Å². The van der Waals surface area contributed by atoms with Gasteiger partial charge < -0.3 is 10.6 Å². The van der Waals surface area contributed by atoms with Gasteiger partial charge in [0.1, 0.15) is 5.82 Å². The van der Waals surface area contributed by atoms with Crippen LogP contribution in [0.1, 0.15) is 44.1 Å². The van der Waals surface area contributed by atoms with Gasteiger partial charge in [-0.1, -0.05) is 25.0 Å². The van der Waals surface area contributed by atoms with Crippen molar-refractivity contribution in [2.75, 3.05) is 19.6 Å². The topological polar surface area (TPSA) is 41.6 Å². The minimum absolute atomic E-state index is 0. The van der Waals surface area contributed by atoms with Crippen LogP contribution in [-0.2, 0) is 5.41 Å². The van der Waals surface area contributed by atoms with Crippen molar-refractivity contribution in [1.82, 2.24) is 4.90 Å². The summed E-state index contributed by atoms with van der Waals surface area (Å²) < 4.78 is 13.4. The molecule has 122 valence electrons.